The van der Waals surface area contributed by atoms with Crippen LogP contribution in [0.5, 0.6) is 0 Å². The first-order valence-corrected chi connectivity index (χ1v) is 9.25. The molecule has 0 aliphatic heterocycles. The molecule has 4 nitrogen and oxygen atoms in total. The highest BCUT2D eigenvalue weighted by Gasteiger charge is 2.31. The van der Waals surface area contributed by atoms with Gasteiger partial charge in [0.05, 0.1) is 28.4 Å². The van der Waals surface area contributed by atoms with E-state index < -0.39 is 22.9 Å². The quantitative estimate of drug-likeness (QED) is 0.629. The molecule has 8 heteroatoms. The SMILES string of the molecule is CCC(Sc1nc2cc(C(F)(F)F)ccc2n1Cc1ccccc1)C(N)=O. The number of carbonyl (C=O) groups is 1. The lowest BCUT2D eigenvalue weighted by atomic mass is 10.2. The van der Waals surface area contributed by atoms with Crippen LogP contribution < -0.4 is 5.73 Å². The summed E-state index contributed by atoms with van der Waals surface area (Å²) in [5.74, 6) is -0.475. The second kappa shape index (κ2) is 7.64. The Morgan fingerprint density at radius 1 is 1.22 bits per heavy atom. The van der Waals surface area contributed by atoms with Crippen LogP contribution in [0.25, 0.3) is 11.0 Å². The predicted molar refractivity (Wildman–Crippen MR) is 99.4 cm³/mol. The van der Waals surface area contributed by atoms with E-state index in [0.29, 0.717) is 23.6 Å². The zero-order valence-corrected chi connectivity index (χ0v) is 15.3. The van der Waals surface area contributed by atoms with E-state index in [9.17, 15) is 18.0 Å². The Bertz CT molecular complexity index is 954. The molecule has 0 aliphatic rings. The zero-order valence-electron chi connectivity index (χ0n) is 14.5. The van der Waals surface area contributed by atoms with E-state index >= 15 is 0 Å². The van der Waals surface area contributed by atoms with E-state index in [1.165, 1.54) is 17.8 Å². The highest BCUT2D eigenvalue weighted by molar-refractivity contribution is 8.00. The number of amides is 1. The third kappa shape index (κ3) is 4.27. The first-order chi connectivity index (χ1) is 12.8. The molecule has 1 atom stereocenters. The lowest BCUT2D eigenvalue weighted by Crippen LogP contribution is -2.25. The number of hydrogen-bond acceptors (Lipinski definition) is 3. The Labute approximate surface area is 158 Å². The first kappa shape index (κ1) is 19.3. The Morgan fingerprint density at radius 2 is 1.93 bits per heavy atom. The topological polar surface area (TPSA) is 60.9 Å². The van der Waals surface area contributed by atoms with Gasteiger partial charge in [-0.3, -0.25) is 4.79 Å². The number of fused-ring (bicyclic) bond motifs is 1. The minimum atomic E-state index is -4.44. The molecule has 1 heterocycles. The minimum Gasteiger partial charge on any atom is -0.369 e. The summed E-state index contributed by atoms with van der Waals surface area (Å²) in [4.78, 5) is 16.0. The summed E-state index contributed by atoms with van der Waals surface area (Å²) in [6.07, 6.45) is -3.94. The van der Waals surface area contributed by atoms with Gasteiger partial charge in [-0.25, -0.2) is 4.98 Å². The molecule has 0 spiro atoms. The van der Waals surface area contributed by atoms with Crippen molar-refractivity contribution in [2.75, 3.05) is 0 Å². The third-order valence-electron chi connectivity index (χ3n) is 4.16. The smallest absolute Gasteiger partial charge is 0.369 e. The zero-order chi connectivity index (χ0) is 19.6. The maximum Gasteiger partial charge on any atom is 0.416 e. The van der Waals surface area contributed by atoms with Gasteiger partial charge in [0.15, 0.2) is 5.16 Å². The molecule has 0 saturated carbocycles. The average molecular weight is 393 g/mol. The van der Waals surface area contributed by atoms with Crippen LogP contribution in [0.1, 0.15) is 24.5 Å². The second-order valence-corrected chi connectivity index (χ2v) is 7.25. The largest absolute Gasteiger partial charge is 0.416 e. The van der Waals surface area contributed by atoms with Crippen molar-refractivity contribution in [2.45, 2.75) is 36.5 Å². The van der Waals surface area contributed by atoms with Gasteiger partial charge in [-0.2, -0.15) is 13.2 Å². The number of nitrogens with two attached hydrogens (primary N) is 1. The third-order valence-corrected chi connectivity index (χ3v) is 5.53. The van der Waals surface area contributed by atoms with Crippen LogP contribution >= 0.6 is 11.8 Å². The van der Waals surface area contributed by atoms with E-state index in [4.69, 9.17) is 5.73 Å². The Kier molecular flexibility index (Phi) is 5.46. The molecule has 2 aromatic carbocycles. The van der Waals surface area contributed by atoms with Crippen molar-refractivity contribution < 1.29 is 18.0 Å². The average Bonchev–Trinajstić information content (AvgIpc) is 2.96. The fraction of sp³-hybridized carbons (Fsp3) is 0.263. The fourth-order valence-electron chi connectivity index (χ4n) is 2.76. The van der Waals surface area contributed by atoms with Gasteiger partial charge < -0.3 is 10.3 Å². The molecule has 27 heavy (non-hydrogen) atoms. The number of thioether (sulfide) groups is 1. The molecule has 3 aromatic rings. The summed E-state index contributed by atoms with van der Waals surface area (Å²) in [6.45, 7) is 2.26. The van der Waals surface area contributed by atoms with Gasteiger partial charge in [0.25, 0.3) is 0 Å². The normalized spacial score (nSPS) is 13.0. The van der Waals surface area contributed by atoms with Gasteiger partial charge >= 0.3 is 6.18 Å². The summed E-state index contributed by atoms with van der Waals surface area (Å²) in [7, 11) is 0. The number of rotatable bonds is 6. The molecule has 0 aliphatic carbocycles. The van der Waals surface area contributed by atoms with Gasteiger partial charge in [0, 0.05) is 0 Å². The number of hydrogen-bond donors (Lipinski definition) is 1. The summed E-state index contributed by atoms with van der Waals surface area (Å²) in [5, 5.41) is -0.0303. The van der Waals surface area contributed by atoms with Crippen molar-refractivity contribution >= 4 is 28.7 Å². The monoisotopic (exact) mass is 393 g/mol. The molecule has 0 bridgehead atoms. The maximum absolute atomic E-state index is 13.0. The molecule has 1 aromatic heterocycles. The minimum absolute atomic E-state index is 0.238. The molecule has 1 amide bonds. The standard InChI is InChI=1S/C19H18F3N3OS/c1-2-16(17(23)26)27-18-24-14-10-13(19(20,21)22)8-9-15(14)25(18)11-12-6-4-3-5-7-12/h3-10,16H,2,11H2,1H3,(H2,23,26). The van der Waals surface area contributed by atoms with Gasteiger partial charge in [0.2, 0.25) is 5.91 Å². The van der Waals surface area contributed by atoms with E-state index in [2.05, 4.69) is 4.98 Å². The van der Waals surface area contributed by atoms with E-state index in [1.807, 2.05) is 41.8 Å². The second-order valence-electron chi connectivity index (χ2n) is 6.08. The van der Waals surface area contributed by atoms with Crippen molar-refractivity contribution in [1.82, 2.24) is 9.55 Å². The van der Waals surface area contributed by atoms with Crippen LogP contribution in [0, 0.1) is 0 Å². The van der Waals surface area contributed by atoms with Crippen LogP contribution in [0.4, 0.5) is 13.2 Å². The van der Waals surface area contributed by atoms with Crippen LogP contribution in [0.3, 0.4) is 0 Å². The van der Waals surface area contributed by atoms with Crippen molar-refractivity contribution in [3.05, 3.63) is 59.7 Å². The number of aromatic nitrogens is 2. The van der Waals surface area contributed by atoms with Crippen molar-refractivity contribution in [3.8, 4) is 0 Å². The van der Waals surface area contributed by atoms with Gasteiger partial charge in [-0.15, -0.1) is 0 Å². The lowest BCUT2D eigenvalue weighted by Gasteiger charge is -2.13. The van der Waals surface area contributed by atoms with Crippen molar-refractivity contribution in [3.63, 3.8) is 0 Å². The number of carbonyl (C=O) groups excluding carboxylic acids is 1. The van der Waals surface area contributed by atoms with Gasteiger partial charge in [-0.1, -0.05) is 49.0 Å². The number of benzene rings is 2. The molecule has 0 fully saturated rings. The van der Waals surface area contributed by atoms with Crippen LogP contribution in [0.15, 0.2) is 53.7 Å². The summed E-state index contributed by atoms with van der Waals surface area (Å²) >= 11 is 1.18. The summed E-state index contributed by atoms with van der Waals surface area (Å²) in [6, 6.07) is 13.0. The number of primary amides is 1. The highest BCUT2D eigenvalue weighted by atomic mass is 32.2. The van der Waals surface area contributed by atoms with Crippen LogP contribution in [0.2, 0.25) is 0 Å². The number of alkyl halides is 3. The molecular weight excluding hydrogens is 375 g/mol. The Balaban J connectivity index is 2.09. The van der Waals surface area contributed by atoms with E-state index in [-0.39, 0.29) is 5.52 Å². The maximum atomic E-state index is 13.0. The lowest BCUT2D eigenvalue weighted by molar-refractivity contribution is -0.137. The molecule has 1 unspecified atom stereocenters. The highest BCUT2D eigenvalue weighted by Crippen LogP contribution is 2.34. The predicted octanol–water partition coefficient (Wildman–Crippen LogP) is 4.46. The molecule has 3 rings (SSSR count). The molecule has 2 N–H and O–H groups in total. The van der Waals surface area contributed by atoms with Crippen LogP contribution in [-0.2, 0) is 17.5 Å². The summed E-state index contributed by atoms with van der Waals surface area (Å²) < 4.78 is 40.9. The van der Waals surface area contributed by atoms with Crippen molar-refractivity contribution in [1.29, 1.82) is 0 Å². The fourth-order valence-corrected chi connectivity index (χ4v) is 3.74. The Hall–Kier alpha value is -2.48. The molecule has 0 radical (unpaired) electrons. The number of imidazole rings is 1. The van der Waals surface area contributed by atoms with E-state index in [1.54, 1.807) is 0 Å². The van der Waals surface area contributed by atoms with E-state index in [0.717, 1.165) is 17.7 Å². The number of halogens is 3. The first-order valence-electron chi connectivity index (χ1n) is 8.37. The van der Waals surface area contributed by atoms with Crippen molar-refractivity contribution in [2.24, 2.45) is 5.73 Å². The molecule has 0 saturated heterocycles. The van der Waals surface area contributed by atoms with Gasteiger partial charge in [0.1, 0.15) is 0 Å². The number of nitrogens with zero attached hydrogens (tertiary/aromatic N) is 2. The summed E-state index contributed by atoms with van der Waals surface area (Å²) in [5.41, 5.74) is 6.47. The van der Waals surface area contributed by atoms with Gasteiger partial charge in [-0.05, 0) is 30.2 Å². The molecular formula is C19H18F3N3OS. The van der Waals surface area contributed by atoms with Crippen LogP contribution in [-0.4, -0.2) is 20.7 Å². The Morgan fingerprint density at radius 3 is 2.52 bits per heavy atom. The molecule has 142 valence electrons.